The van der Waals surface area contributed by atoms with E-state index in [2.05, 4.69) is 33.9 Å². The fourth-order valence-corrected chi connectivity index (χ4v) is 3.01. The van der Waals surface area contributed by atoms with Crippen molar-refractivity contribution in [3.05, 3.63) is 28.2 Å². The van der Waals surface area contributed by atoms with E-state index in [1.54, 1.807) is 6.92 Å². The normalized spacial score (nSPS) is 18.7. The first kappa shape index (κ1) is 13.8. The van der Waals surface area contributed by atoms with Crippen molar-refractivity contribution in [3.63, 3.8) is 0 Å². The monoisotopic (exact) mass is 313 g/mol. The summed E-state index contributed by atoms with van der Waals surface area (Å²) in [6.45, 7) is 3.47. The van der Waals surface area contributed by atoms with Gasteiger partial charge in [-0.1, -0.05) is 6.07 Å². The molecule has 0 aromatic heterocycles. The maximum atomic E-state index is 9.58. The lowest BCUT2D eigenvalue weighted by atomic mass is 10.1. The molecule has 1 N–H and O–H groups in total. The fraction of sp³-hybridized carbons (Fsp3) is 0.571. The van der Waals surface area contributed by atoms with Gasteiger partial charge in [-0.05, 0) is 53.4 Å². The Labute approximate surface area is 117 Å². The number of ether oxygens (including phenoxy) is 1. The molecule has 100 valence electrons. The summed E-state index contributed by atoms with van der Waals surface area (Å²) in [5.74, 6) is 0. The van der Waals surface area contributed by atoms with Crippen LogP contribution in [-0.4, -0.2) is 31.4 Å². The molecule has 1 heterocycles. The molecule has 1 saturated heterocycles. The lowest BCUT2D eigenvalue weighted by Crippen LogP contribution is -2.36. The Kier molecular flexibility index (Phi) is 4.65. The smallest absolute Gasteiger partial charge is 0.0762 e. The SMILES string of the molecule is C[C@H](O)c1ccc(N(C)C2CCOCC2)c(Br)c1. The number of aliphatic hydroxyl groups excluding tert-OH is 1. The molecule has 4 heteroatoms. The molecule has 1 aliphatic heterocycles. The quantitative estimate of drug-likeness (QED) is 0.930. The van der Waals surface area contributed by atoms with Crippen LogP contribution in [0.25, 0.3) is 0 Å². The van der Waals surface area contributed by atoms with Crippen molar-refractivity contribution >= 4 is 21.6 Å². The molecule has 0 saturated carbocycles. The van der Waals surface area contributed by atoms with E-state index in [0.29, 0.717) is 6.04 Å². The van der Waals surface area contributed by atoms with Crippen molar-refractivity contribution in [2.75, 3.05) is 25.2 Å². The molecule has 1 aromatic carbocycles. The van der Waals surface area contributed by atoms with Crippen molar-refractivity contribution in [2.24, 2.45) is 0 Å². The van der Waals surface area contributed by atoms with E-state index in [1.165, 1.54) is 5.69 Å². The minimum absolute atomic E-state index is 0.427. The summed E-state index contributed by atoms with van der Waals surface area (Å²) in [7, 11) is 2.12. The largest absolute Gasteiger partial charge is 0.389 e. The summed E-state index contributed by atoms with van der Waals surface area (Å²) in [4.78, 5) is 2.30. The molecule has 0 radical (unpaired) electrons. The van der Waals surface area contributed by atoms with Gasteiger partial charge in [-0.2, -0.15) is 0 Å². The van der Waals surface area contributed by atoms with Crippen LogP contribution < -0.4 is 4.90 Å². The van der Waals surface area contributed by atoms with Gasteiger partial charge in [0, 0.05) is 30.8 Å². The second-order valence-corrected chi connectivity index (χ2v) is 5.70. The van der Waals surface area contributed by atoms with Gasteiger partial charge in [0.15, 0.2) is 0 Å². The summed E-state index contributed by atoms with van der Waals surface area (Å²) in [5.41, 5.74) is 2.11. The molecule has 1 aliphatic rings. The number of nitrogens with zero attached hydrogens (tertiary/aromatic N) is 1. The average molecular weight is 314 g/mol. The molecule has 0 bridgehead atoms. The molecule has 0 amide bonds. The maximum absolute atomic E-state index is 9.58. The molecule has 0 spiro atoms. The van der Waals surface area contributed by atoms with Gasteiger partial charge in [-0.15, -0.1) is 0 Å². The van der Waals surface area contributed by atoms with Crippen LogP contribution in [0.5, 0.6) is 0 Å². The van der Waals surface area contributed by atoms with Crippen LogP contribution in [0.3, 0.4) is 0 Å². The van der Waals surface area contributed by atoms with Gasteiger partial charge in [0.05, 0.1) is 11.8 Å². The van der Waals surface area contributed by atoms with E-state index in [0.717, 1.165) is 36.1 Å². The van der Waals surface area contributed by atoms with Gasteiger partial charge in [0.1, 0.15) is 0 Å². The molecule has 2 rings (SSSR count). The molecule has 0 aliphatic carbocycles. The van der Waals surface area contributed by atoms with Crippen LogP contribution in [0.2, 0.25) is 0 Å². The Morgan fingerprint density at radius 1 is 1.39 bits per heavy atom. The van der Waals surface area contributed by atoms with Crippen LogP contribution in [0.1, 0.15) is 31.4 Å². The number of hydrogen-bond donors (Lipinski definition) is 1. The number of halogens is 1. The number of benzene rings is 1. The van der Waals surface area contributed by atoms with Gasteiger partial charge >= 0.3 is 0 Å². The predicted octanol–water partition coefficient (Wildman–Crippen LogP) is 3.12. The minimum Gasteiger partial charge on any atom is -0.389 e. The zero-order chi connectivity index (χ0) is 13.1. The van der Waals surface area contributed by atoms with Gasteiger partial charge < -0.3 is 14.7 Å². The van der Waals surface area contributed by atoms with Gasteiger partial charge in [-0.3, -0.25) is 0 Å². The number of rotatable bonds is 3. The summed E-state index contributed by atoms with van der Waals surface area (Å²) < 4.78 is 6.43. The Hall–Kier alpha value is -0.580. The Balaban J connectivity index is 2.16. The first-order chi connectivity index (χ1) is 8.59. The molecule has 3 nitrogen and oxygen atoms in total. The van der Waals surface area contributed by atoms with Crippen molar-refractivity contribution in [1.29, 1.82) is 0 Å². The third kappa shape index (κ3) is 3.05. The van der Waals surface area contributed by atoms with E-state index in [-0.39, 0.29) is 0 Å². The molecule has 0 unspecified atom stereocenters. The van der Waals surface area contributed by atoms with E-state index in [9.17, 15) is 5.11 Å². The third-order valence-corrected chi connectivity index (χ3v) is 4.21. The van der Waals surface area contributed by atoms with Gasteiger partial charge in [0.2, 0.25) is 0 Å². The predicted molar refractivity (Wildman–Crippen MR) is 77.0 cm³/mol. The molecule has 1 fully saturated rings. The van der Waals surface area contributed by atoms with E-state index < -0.39 is 6.10 Å². The van der Waals surface area contributed by atoms with Crippen LogP contribution >= 0.6 is 15.9 Å². The summed E-state index contributed by atoms with van der Waals surface area (Å²) >= 11 is 3.60. The summed E-state index contributed by atoms with van der Waals surface area (Å²) in [5, 5.41) is 9.58. The highest BCUT2D eigenvalue weighted by Crippen LogP contribution is 2.31. The Morgan fingerprint density at radius 2 is 2.06 bits per heavy atom. The third-order valence-electron chi connectivity index (χ3n) is 3.57. The number of anilines is 1. The molecular weight excluding hydrogens is 294 g/mol. The second kappa shape index (κ2) is 6.04. The summed E-state index contributed by atoms with van der Waals surface area (Å²) in [6.07, 6.45) is 1.71. The highest BCUT2D eigenvalue weighted by Gasteiger charge is 2.20. The van der Waals surface area contributed by atoms with Crippen LogP contribution in [0.4, 0.5) is 5.69 Å². The zero-order valence-corrected chi connectivity index (χ0v) is 12.5. The highest BCUT2D eigenvalue weighted by molar-refractivity contribution is 9.10. The number of aliphatic hydroxyl groups is 1. The zero-order valence-electron chi connectivity index (χ0n) is 10.9. The average Bonchev–Trinajstić information content (AvgIpc) is 2.38. The molecule has 1 aromatic rings. The highest BCUT2D eigenvalue weighted by atomic mass is 79.9. The standard InChI is InChI=1S/C14H20BrNO2/c1-10(17)11-3-4-14(13(15)9-11)16(2)12-5-7-18-8-6-12/h3-4,9-10,12,17H,5-8H2,1-2H3/t10-/m0/s1. The first-order valence-corrected chi connectivity index (χ1v) is 7.17. The molecule has 1 atom stereocenters. The van der Waals surface area contributed by atoms with Crippen LogP contribution in [0, 0.1) is 0 Å². The van der Waals surface area contributed by atoms with Gasteiger partial charge in [0.25, 0.3) is 0 Å². The maximum Gasteiger partial charge on any atom is 0.0762 e. The second-order valence-electron chi connectivity index (χ2n) is 4.84. The lowest BCUT2D eigenvalue weighted by molar-refractivity contribution is 0.0854. The molecular formula is C14H20BrNO2. The van der Waals surface area contributed by atoms with Crippen molar-refractivity contribution in [3.8, 4) is 0 Å². The van der Waals surface area contributed by atoms with Crippen LogP contribution in [0.15, 0.2) is 22.7 Å². The minimum atomic E-state index is -0.427. The van der Waals surface area contributed by atoms with Crippen molar-refractivity contribution in [2.45, 2.75) is 31.9 Å². The van der Waals surface area contributed by atoms with E-state index in [1.807, 2.05) is 12.1 Å². The molecule has 18 heavy (non-hydrogen) atoms. The van der Waals surface area contributed by atoms with E-state index in [4.69, 9.17) is 4.74 Å². The topological polar surface area (TPSA) is 32.7 Å². The lowest BCUT2D eigenvalue weighted by Gasteiger charge is -2.33. The summed E-state index contributed by atoms with van der Waals surface area (Å²) in [6, 6.07) is 6.59. The number of hydrogen-bond acceptors (Lipinski definition) is 3. The van der Waals surface area contributed by atoms with Gasteiger partial charge in [-0.25, -0.2) is 0 Å². The van der Waals surface area contributed by atoms with Crippen molar-refractivity contribution in [1.82, 2.24) is 0 Å². The van der Waals surface area contributed by atoms with Crippen LogP contribution in [-0.2, 0) is 4.74 Å². The van der Waals surface area contributed by atoms with Crippen molar-refractivity contribution < 1.29 is 9.84 Å². The fourth-order valence-electron chi connectivity index (χ4n) is 2.34. The van der Waals surface area contributed by atoms with E-state index >= 15 is 0 Å². The Morgan fingerprint density at radius 3 is 2.61 bits per heavy atom. The first-order valence-electron chi connectivity index (χ1n) is 6.37. The Bertz CT molecular complexity index is 403.